The van der Waals surface area contributed by atoms with Crippen LogP contribution in [0.15, 0.2) is 42.6 Å². The van der Waals surface area contributed by atoms with Crippen molar-refractivity contribution in [3.05, 3.63) is 53.9 Å². The van der Waals surface area contributed by atoms with Crippen molar-refractivity contribution in [2.45, 2.75) is 6.54 Å². The van der Waals surface area contributed by atoms with Gasteiger partial charge in [-0.2, -0.15) is 0 Å². The van der Waals surface area contributed by atoms with Crippen LogP contribution in [0.5, 0.6) is 0 Å². The number of aromatic nitrogens is 1. The number of rotatable bonds is 6. The Kier molecular flexibility index (Phi) is 5.00. The highest BCUT2D eigenvalue weighted by Gasteiger charge is 2.19. The molecule has 0 aliphatic carbocycles. The van der Waals surface area contributed by atoms with Gasteiger partial charge in [0.05, 0.1) is 12.3 Å². The van der Waals surface area contributed by atoms with Crippen molar-refractivity contribution >= 4 is 11.6 Å². The van der Waals surface area contributed by atoms with Crippen molar-refractivity contribution in [2.24, 2.45) is 7.05 Å². The molecule has 0 bridgehead atoms. The molecule has 0 aliphatic heterocycles. The molecule has 0 atom stereocenters. The second-order valence-corrected chi connectivity index (χ2v) is 4.97. The number of nitrogens with zero attached hydrogens (tertiary/aromatic N) is 2. The number of methoxy groups -OCH3 is 1. The zero-order valence-electron chi connectivity index (χ0n) is 12.5. The fourth-order valence-electron chi connectivity index (χ4n) is 2.22. The Balaban J connectivity index is 2.19. The number of nitrogens with two attached hydrogens (primary N) is 1. The van der Waals surface area contributed by atoms with E-state index in [0.717, 1.165) is 5.56 Å². The highest BCUT2D eigenvalue weighted by molar-refractivity contribution is 5.93. The molecule has 21 heavy (non-hydrogen) atoms. The summed E-state index contributed by atoms with van der Waals surface area (Å²) in [6, 6.07) is 11.6. The molecular weight excluding hydrogens is 266 g/mol. The number of carbonyl (C=O) groups excluding carboxylic acids is 1. The molecule has 2 N–H and O–H groups in total. The Labute approximate surface area is 124 Å². The van der Waals surface area contributed by atoms with Crippen molar-refractivity contribution < 1.29 is 9.53 Å². The van der Waals surface area contributed by atoms with E-state index in [1.807, 2.05) is 37.4 Å². The molecule has 0 unspecified atom stereocenters. The van der Waals surface area contributed by atoms with Crippen LogP contribution in [0.2, 0.25) is 0 Å². The number of ether oxygens (including phenoxy) is 1. The van der Waals surface area contributed by atoms with Crippen LogP contribution in [0.1, 0.15) is 16.1 Å². The molecule has 0 saturated heterocycles. The first-order valence-corrected chi connectivity index (χ1v) is 6.86. The molecule has 5 nitrogen and oxygen atoms in total. The summed E-state index contributed by atoms with van der Waals surface area (Å²) in [7, 11) is 3.45. The van der Waals surface area contributed by atoms with Crippen LogP contribution in [-0.4, -0.2) is 35.6 Å². The Morgan fingerprint density at radius 3 is 2.62 bits per heavy atom. The third kappa shape index (κ3) is 3.86. The predicted molar refractivity (Wildman–Crippen MR) is 82.9 cm³/mol. The summed E-state index contributed by atoms with van der Waals surface area (Å²) < 4.78 is 6.86. The molecule has 1 heterocycles. The maximum absolute atomic E-state index is 12.7. The van der Waals surface area contributed by atoms with E-state index in [4.69, 9.17) is 10.5 Å². The molecule has 5 heteroatoms. The van der Waals surface area contributed by atoms with Gasteiger partial charge in [0.15, 0.2) is 0 Å². The Morgan fingerprint density at radius 2 is 2.05 bits per heavy atom. The average molecular weight is 287 g/mol. The molecular formula is C16H21N3O2. The van der Waals surface area contributed by atoms with Gasteiger partial charge >= 0.3 is 0 Å². The van der Waals surface area contributed by atoms with Crippen molar-refractivity contribution in [2.75, 3.05) is 26.0 Å². The average Bonchev–Trinajstić information content (AvgIpc) is 2.82. The van der Waals surface area contributed by atoms with Crippen LogP contribution in [0.4, 0.5) is 5.69 Å². The first kappa shape index (κ1) is 15.1. The third-order valence-corrected chi connectivity index (χ3v) is 3.31. The molecule has 1 amide bonds. The Bertz CT molecular complexity index is 593. The van der Waals surface area contributed by atoms with Gasteiger partial charge in [-0.1, -0.05) is 30.3 Å². The maximum atomic E-state index is 12.7. The lowest BCUT2D eigenvalue weighted by Crippen LogP contribution is -2.34. The van der Waals surface area contributed by atoms with E-state index in [1.165, 1.54) is 0 Å². The second kappa shape index (κ2) is 6.95. The van der Waals surface area contributed by atoms with Crippen LogP contribution in [0.25, 0.3) is 0 Å². The van der Waals surface area contributed by atoms with Crippen LogP contribution < -0.4 is 5.73 Å². The van der Waals surface area contributed by atoms with Gasteiger partial charge in [0.25, 0.3) is 5.91 Å². The van der Waals surface area contributed by atoms with Gasteiger partial charge < -0.3 is 19.9 Å². The van der Waals surface area contributed by atoms with Gasteiger partial charge in [-0.3, -0.25) is 4.79 Å². The number of hydrogen-bond acceptors (Lipinski definition) is 3. The molecule has 0 fully saturated rings. The molecule has 2 rings (SSSR count). The minimum absolute atomic E-state index is 0.0462. The van der Waals surface area contributed by atoms with Gasteiger partial charge in [-0.15, -0.1) is 0 Å². The number of benzene rings is 1. The van der Waals surface area contributed by atoms with E-state index >= 15 is 0 Å². The van der Waals surface area contributed by atoms with Crippen molar-refractivity contribution in [1.82, 2.24) is 9.47 Å². The van der Waals surface area contributed by atoms with E-state index in [2.05, 4.69) is 0 Å². The Morgan fingerprint density at radius 1 is 1.33 bits per heavy atom. The van der Waals surface area contributed by atoms with E-state index in [-0.39, 0.29) is 5.91 Å². The van der Waals surface area contributed by atoms with E-state index < -0.39 is 0 Å². The fraction of sp³-hybridized carbons (Fsp3) is 0.312. The summed E-state index contributed by atoms with van der Waals surface area (Å²) in [6.07, 6.45) is 1.74. The molecule has 0 radical (unpaired) electrons. The molecule has 0 aliphatic rings. The van der Waals surface area contributed by atoms with Gasteiger partial charge in [0, 0.05) is 33.4 Å². The van der Waals surface area contributed by atoms with E-state index in [0.29, 0.717) is 31.1 Å². The number of anilines is 1. The zero-order valence-corrected chi connectivity index (χ0v) is 12.5. The molecule has 0 saturated carbocycles. The largest absolute Gasteiger partial charge is 0.397 e. The molecule has 1 aromatic carbocycles. The zero-order chi connectivity index (χ0) is 15.2. The monoisotopic (exact) mass is 287 g/mol. The summed E-state index contributed by atoms with van der Waals surface area (Å²) in [4.78, 5) is 14.5. The summed E-state index contributed by atoms with van der Waals surface area (Å²) >= 11 is 0. The normalized spacial score (nSPS) is 10.6. The fourth-order valence-corrected chi connectivity index (χ4v) is 2.22. The van der Waals surface area contributed by atoms with Gasteiger partial charge in [0.2, 0.25) is 0 Å². The van der Waals surface area contributed by atoms with Crippen LogP contribution in [0.3, 0.4) is 0 Å². The van der Waals surface area contributed by atoms with Crippen molar-refractivity contribution in [3.8, 4) is 0 Å². The number of nitrogen functional groups attached to an aromatic ring is 1. The first-order valence-electron chi connectivity index (χ1n) is 6.86. The van der Waals surface area contributed by atoms with Crippen molar-refractivity contribution in [1.29, 1.82) is 0 Å². The van der Waals surface area contributed by atoms with E-state index in [9.17, 15) is 4.79 Å². The molecule has 2 aromatic rings. The smallest absolute Gasteiger partial charge is 0.270 e. The van der Waals surface area contributed by atoms with Crippen molar-refractivity contribution in [3.63, 3.8) is 0 Å². The minimum Gasteiger partial charge on any atom is -0.397 e. The third-order valence-electron chi connectivity index (χ3n) is 3.31. The van der Waals surface area contributed by atoms with Crippen LogP contribution in [-0.2, 0) is 18.3 Å². The highest BCUT2D eigenvalue weighted by Crippen LogP contribution is 2.14. The predicted octanol–water partition coefficient (Wildman–Crippen LogP) is 1.90. The van der Waals surface area contributed by atoms with Gasteiger partial charge in [0.1, 0.15) is 5.69 Å². The summed E-state index contributed by atoms with van der Waals surface area (Å²) in [5.74, 6) is -0.0462. The van der Waals surface area contributed by atoms with Gasteiger partial charge in [-0.25, -0.2) is 0 Å². The maximum Gasteiger partial charge on any atom is 0.270 e. The summed E-state index contributed by atoms with van der Waals surface area (Å²) in [5.41, 5.74) is 8.01. The second-order valence-electron chi connectivity index (χ2n) is 4.97. The number of hydrogen-bond donors (Lipinski definition) is 1. The Hall–Kier alpha value is -2.27. The highest BCUT2D eigenvalue weighted by atomic mass is 16.5. The van der Waals surface area contributed by atoms with E-state index in [1.54, 1.807) is 28.8 Å². The lowest BCUT2D eigenvalue weighted by atomic mass is 10.2. The quantitative estimate of drug-likeness (QED) is 0.882. The lowest BCUT2D eigenvalue weighted by Gasteiger charge is -2.22. The van der Waals surface area contributed by atoms with Gasteiger partial charge in [-0.05, 0) is 11.6 Å². The standard InChI is InChI=1S/C16H21N3O2/c1-18-12-14(17)10-15(18)16(20)19(8-9-21-2)11-13-6-4-3-5-7-13/h3-7,10,12H,8-9,11,17H2,1-2H3. The minimum atomic E-state index is -0.0462. The van der Waals surface area contributed by atoms with Crippen LogP contribution >= 0.6 is 0 Å². The number of aryl methyl sites for hydroxylation is 1. The molecule has 1 aromatic heterocycles. The molecule has 112 valence electrons. The van der Waals surface area contributed by atoms with Crippen LogP contribution in [0, 0.1) is 0 Å². The number of amides is 1. The number of carbonyl (C=O) groups is 1. The lowest BCUT2D eigenvalue weighted by molar-refractivity contribution is 0.0671. The summed E-state index contributed by atoms with van der Waals surface area (Å²) in [6.45, 7) is 1.59. The summed E-state index contributed by atoms with van der Waals surface area (Å²) in [5, 5.41) is 0. The topological polar surface area (TPSA) is 60.5 Å². The SMILES string of the molecule is COCCN(Cc1ccccc1)C(=O)c1cc(N)cn1C. The first-order chi connectivity index (χ1) is 10.1. The molecule has 0 spiro atoms.